The number of fused-ring (bicyclic) bond motifs is 1. The van der Waals surface area contributed by atoms with E-state index in [0.717, 1.165) is 21.6 Å². The zero-order valence-corrected chi connectivity index (χ0v) is 12.8. The highest BCUT2D eigenvalue weighted by Gasteiger charge is 2.20. The molecule has 0 radical (unpaired) electrons. The first kappa shape index (κ1) is 13.4. The van der Waals surface area contributed by atoms with Gasteiger partial charge in [0.05, 0.1) is 13.1 Å². The van der Waals surface area contributed by atoms with Gasteiger partial charge >= 0.3 is 5.97 Å². The summed E-state index contributed by atoms with van der Waals surface area (Å²) in [7, 11) is 0. The minimum absolute atomic E-state index is 0.362. The third kappa shape index (κ3) is 2.64. The van der Waals surface area contributed by atoms with Crippen molar-refractivity contribution < 1.29 is 14.6 Å². The SMILES string of the molecule is O=C(O)c1ccc(CN2CCOc3ncc(Br)cc32)s1. The zero-order chi connectivity index (χ0) is 14.1. The summed E-state index contributed by atoms with van der Waals surface area (Å²) in [6.07, 6.45) is 1.70. The maximum absolute atomic E-state index is 10.9. The summed E-state index contributed by atoms with van der Waals surface area (Å²) in [4.78, 5) is 18.7. The quantitative estimate of drug-likeness (QED) is 0.917. The third-order valence-corrected chi connectivity index (χ3v) is 4.45. The van der Waals surface area contributed by atoms with Crippen LogP contribution in [0.25, 0.3) is 0 Å². The molecule has 5 nitrogen and oxygen atoms in total. The first-order chi connectivity index (χ1) is 9.63. The van der Waals surface area contributed by atoms with Crippen LogP contribution in [0.2, 0.25) is 0 Å². The molecule has 3 rings (SSSR count). The predicted octanol–water partition coefficient (Wildman–Crippen LogP) is 3.00. The minimum Gasteiger partial charge on any atom is -0.477 e. The van der Waals surface area contributed by atoms with Crippen LogP contribution in [0.3, 0.4) is 0 Å². The molecule has 7 heteroatoms. The molecule has 0 saturated heterocycles. The topological polar surface area (TPSA) is 62.7 Å². The fourth-order valence-corrected chi connectivity index (χ4v) is 3.24. The Labute approximate surface area is 127 Å². The van der Waals surface area contributed by atoms with Crippen molar-refractivity contribution in [3.63, 3.8) is 0 Å². The maximum Gasteiger partial charge on any atom is 0.345 e. The number of rotatable bonds is 3. The van der Waals surface area contributed by atoms with Gasteiger partial charge in [0, 0.05) is 15.5 Å². The van der Waals surface area contributed by atoms with Crippen LogP contribution in [-0.2, 0) is 6.54 Å². The second-order valence-electron chi connectivity index (χ2n) is 4.32. The van der Waals surface area contributed by atoms with Crippen molar-refractivity contribution in [2.24, 2.45) is 0 Å². The number of anilines is 1. The lowest BCUT2D eigenvalue weighted by Crippen LogP contribution is -2.32. The standard InChI is InChI=1S/C13H11BrN2O3S/c14-8-5-10-12(15-6-8)19-4-3-16(10)7-9-1-2-11(20-9)13(17)18/h1-2,5-6H,3-4,7H2,(H,17,18). The van der Waals surface area contributed by atoms with Crippen LogP contribution < -0.4 is 9.64 Å². The molecule has 0 unspecified atom stereocenters. The lowest BCUT2D eigenvalue weighted by Gasteiger charge is -2.30. The monoisotopic (exact) mass is 354 g/mol. The van der Waals surface area contributed by atoms with Crippen LogP contribution in [0.1, 0.15) is 14.5 Å². The van der Waals surface area contributed by atoms with Crippen LogP contribution in [-0.4, -0.2) is 29.2 Å². The second kappa shape index (κ2) is 5.41. The molecule has 0 bridgehead atoms. The van der Waals surface area contributed by atoms with E-state index < -0.39 is 5.97 Å². The number of aromatic nitrogens is 1. The van der Waals surface area contributed by atoms with E-state index in [-0.39, 0.29) is 0 Å². The first-order valence-corrected chi connectivity index (χ1v) is 7.60. The van der Waals surface area contributed by atoms with Gasteiger partial charge in [-0.25, -0.2) is 9.78 Å². The number of carboxylic acid groups (broad SMARTS) is 1. The summed E-state index contributed by atoms with van der Waals surface area (Å²) >= 11 is 4.71. The molecule has 0 spiro atoms. The van der Waals surface area contributed by atoms with Gasteiger partial charge in [0.15, 0.2) is 0 Å². The molecule has 0 aromatic carbocycles. The number of pyridine rings is 1. The van der Waals surface area contributed by atoms with E-state index >= 15 is 0 Å². The molecular formula is C13H11BrN2O3S. The number of halogens is 1. The molecule has 2 aromatic heterocycles. The van der Waals surface area contributed by atoms with E-state index in [1.165, 1.54) is 11.3 Å². The minimum atomic E-state index is -0.881. The summed E-state index contributed by atoms with van der Waals surface area (Å²) < 4.78 is 6.42. The summed E-state index contributed by atoms with van der Waals surface area (Å²) in [6, 6.07) is 5.46. The van der Waals surface area contributed by atoms with Gasteiger partial charge < -0.3 is 14.7 Å². The summed E-state index contributed by atoms with van der Waals surface area (Å²) in [5.74, 6) is -0.262. The highest BCUT2D eigenvalue weighted by atomic mass is 79.9. The summed E-state index contributed by atoms with van der Waals surface area (Å²) in [5, 5.41) is 8.96. The molecule has 0 amide bonds. The Balaban J connectivity index is 1.85. The molecule has 1 N–H and O–H groups in total. The lowest BCUT2D eigenvalue weighted by molar-refractivity contribution is 0.0702. The van der Waals surface area contributed by atoms with Gasteiger partial charge in [0.2, 0.25) is 5.88 Å². The van der Waals surface area contributed by atoms with Gasteiger partial charge in [0.25, 0.3) is 0 Å². The van der Waals surface area contributed by atoms with Crippen molar-refractivity contribution in [2.75, 3.05) is 18.1 Å². The van der Waals surface area contributed by atoms with Gasteiger partial charge in [-0.3, -0.25) is 0 Å². The number of ether oxygens (including phenoxy) is 1. The fraction of sp³-hybridized carbons (Fsp3) is 0.231. The van der Waals surface area contributed by atoms with Crippen molar-refractivity contribution in [2.45, 2.75) is 6.54 Å². The highest BCUT2D eigenvalue weighted by Crippen LogP contribution is 2.33. The number of carbonyl (C=O) groups is 1. The van der Waals surface area contributed by atoms with Crippen LogP contribution in [0.15, 0.2) is 28.9 Å². The number of hydrogen-bond acceptors (Lipinski definition) is 5. The van der Waals surface area contributed by atoms with Crippen LogP contribution >= 0.6 is 27.3 Å². The fourth-order valence-electron chi connectivity index (χ4n) is 2.06. The van der Waals surface area contributed by atoms with Crippen molar-refractivity contribution in [3.8, 4) is 5.88 Å². The van der Waals surface area contributed by atoms with E-state index in [2.05, 4.69) is 25.8 Å². The van der Waals surface area contributed by atoms with Gasteiger partial charge in [-0.05, 0) is 34.1 Å². The Morgan fingerprint density at radius 3 is 3.15 bits per heavy atom. The molecular weight excluding hydrogens is 344 g/mol. The zero-order valence-electron chi connectivity index (χ0n) is 10.4. The number of nitrogens with zero attached hydrogens (tertiary/aromatic N) is 2. The Morgan fingerprint density at radius 1 is 1.55 bits per heavy atom. The average molecular weight is 355 g/mol. The number of thiophene rings is 1. The van der Waals surface area contributed by atoms with Crippen molar-refractivity contribution in [1.29, 1.82) is 0 Å². The smallest absolute Gasteiger partial charge is 0.345 e. The maximum atomic E-state index is 10.9. The van der Waals surface area contributed by atoms with Gasteiger partial charge in [-0.2, -0.15) is 0 Å². The van der Waals surface area contributed by atoms with Crippen molar-refractivity contribution in [3.05, 3.63) is 38.6 Å². The van der Waals surface area contributed by atoms with Crippen molar-refractivity contribution >= 4 is 38.9 Å². The van der Waals surface area contributed by atoms with E-state index in [0.29, 0.717) is 23.9 Å². The molecule has 0 aliphatic carbocycles. The number of carboxylic acids is 1. The molecule has 1 aliphatic heterocycles. The Morgan fingerprint density at radius 2 is 2.40 bits per heavy atom. The molecule has 20 heavy (non-hydrogen) atoms. The Hall–Kier alpha value is -1.60. The number of aromatic carboxylic acids is 1. The predicted molar refractivity (Wildman–Crippen MR) is 79.8 cm³/mol. The Bertz CT molecular complexity index is 659. The highest BCUT2D eigenvalue weighted by molar-refractivity contribution is 9.10. The van der Waals surface area contributed by atoms with E-state index in [1.54, 1.807) is 12.3 Å². The largest absolute Gasteiger partial charge is 0.477 e. The summed E-state index contributed by atoms with van der Waals surface area (Å²) in [5.41, 5.74) is 0.927. The Kier molecular flexibility index (Phi) is 3.62. The number of hydrogen-bond donors (Lipinski definition) is 1. The average Bonchev–Trinajstić information content (AvgIpc) is 2.88. The van der Waals surface area contributed by atoms with Crippen molar-refractivity contribution in [1.82, 2.24) is 4.98 Å². The lowest BCUT2D eigenvalue weighted by atomic mass is 10.3. The van der Waals surface area contributed by atoms with Gasteiger partial charge in [-0.1, -0.05) is 0 Å². The summed E-state index contributed by atoms with van der Waals surface area (Å²) in [6.45, 7) is 2.00. The van der Waals surface area contributed by atoms with Crippen LogP contribution in [0, 0.1) is 0 Å². The molecule has 2 aromatic rings. The van der Waals surface area contributed by atoms with E-state index in [1.807, 2.05) is 12.1 Å². The molecule has 0 saturated carbocycles. The van der Waals surface area contributed by atoms with Gasteiger partial charge in [-0.15, -0.1) is 11.3 Å². The third-order valence-electron chi connectivity index (χ3n) is 2.96. The first-order valence-electron chi connectivity index (χ1n) is 5.99. The van der Waals surface area contributed by atoms with Crippen LogP contribution in [0.4, 0.5) is 5.69 Å². The molecule has 1 aliphatic rings. The molecule has 104 valence electrons. The molecule has 3 heterocycles. The van der Waals surface area contributed by atoms with E-state index in [4.69, 9.17) is 9.84 Å². The normalized spacial score (nSPS) is 13.8. The van der Waals surface area contributed by atoms with E-state index in [9.17, 15) is 4.79 Å². The second-order valence-corrected chi connectivity index (χ2v) is 6.40. The molecule has 0 fully saturated rings. The molecule has 0 atom stereocenters. The van der Waals surface area contributed by atoms with Crippen LogP contribution in [0.5, 0.6) is 5.88 Å². The van der Waals surface area contributed by atoms with Gasteiger partial charge in [0.1, 0.15) is 17.2 Å².